The van der Waals surface area contributed by atoms with Gasteiger partial charge in [-0.3, -0.25) is 37.3 Å². The van der Waals surface area contributed by atoms with E-state index in [1.807, 2.05) is 0 Å². The molecule has 103 heavy (non-hydrogen) atoms. The summed E-state index contributed by atoms with van der Waals surface area (Å²) in [5, 5.41) is 10.7. The zero-order valence-electron chi connectivity index (χ0n) is 68.0. The fourth-order valence-electron chi connectivity index (χ4n) is 13.0. The minimum atomic E-state index is -4.96. The van der Waals surface area contributed by atoms with E-state index in [1.54, 1.807) is 0 Å². The summed E-state index contributed by atoms with van der Waals surface area (Å²) in [5.41, 5.74) is 0. The molecule has 612 valence electrons. The monoisotopic (exact) mass is 1510 g/mol. The summed E-state index contributed by atoms with van der Waals surface area (Å²) in [4.78, 5) is 73.1. The quantitative estimate of drug-likeness (QED) is 0.0222. The first-order chi connectivity index (χ1) is 49.6. The number of hydrogen-bond donors (Lipinski definition) is 3. The lowest BCUT2D eigenvalue weighted by molar-refractivity contribution is -0.161. The van der Waals surface area contributed by atoms with Crippen molar-refractivity contribution >= 4 is 39.5 Å². The van der Waals surface area contributed by atoms with E-state index in [4.69, 9.17) is 37.0 Å². The molecule has 0 aliphatic heterocycles. The Bertz CT molecular complexity index is 2010. The van der Waals surface area contributed by atoms with E-state index in [2.05, 4.69) is 55.4 Å². The number of unbranched alkanes of at least 4 members (excludes halogenated alkanes) is 47. The Hall–Kier alpha value is -1.94. The minimum absolute atomic E-state index is 0.106. The second-order valence-electron chi connectivity index (χ2n) is 32.1. The average Bonchev–Trinajstić information content (AvgIpc) is 0.909. The second-order valence-corrected chi connectivity index (χ2v) is 35.0. The predicted octanol–water partition coefficient (Wildman–Crippen LogP) is 25.2. The number of carbonyl (C=O) groups is 4. The summed E-state index contributed by atoms with van der Waals surface area (Å²) in [6, 6.07) is 0. The summed E-state index contributed by atoms with van der Waals surface area (Å²) in [5.74, 6) is 0.972. The molecule has 0 amide bonds. The highest BCUT2D eigenvalue weighted by molar-refractivity contribution is 7.47. The van der Waals surface area contributed by atoms with Crippen LogP contribution in [0.1, 0.15) is 434 Å². The van der Waals surface area contributed by atoms with Crippen LogP contribution in [0.15, 0.2) is 0 Å². The molecule has 5 atom stereocenters. The Morgan fingerprint density at radius 2 is 0.408 bits per heavy atom. The van der Waals surface area contributed by atoms with Crippen molar-refractivity contribution in [2.75, 3.05) is 39.6 Å². The Morgan fingerprint density at radius 3 is 0.602 bits per heavy atom. The molecule has 19 heteroatoms. The van der Waals surface area contributed by atoms with Gasteiger partial charge in [0.2, 0.25) is 0 Å². The van der Waals surface area contributed by atoms with Gasteiger partial charge in [-0.1, -0.05) is 383 Å². The largest absolute Gasteiger partial charge is 0.472 e. The zero-order valence-corrected chi connectivity index (χ0v) is 69.7. The Balaban J connectivity index is 5.20. The van der Waals surface area contributed by atoms with Crippen LogP contribution >= 0.6 is 15.6 Å². The van der Waals surface area contributed by atoms with E-state index < -0.39 is 97.5 Å². The maximum atomic E-state index is 13.1. The van der Waals surface area contributed by atoms with Crippen LogP contribution in [0.2, 0.25) is 0 Å². The van der Waals surface area contributed by atoms with Crippen molar-refractivity contribution in [3.63, 3.8) is 0 Å². The number of phosphoric ester groups is 2. The lowest BCUT2D eigenvalue weighted by atomic mass is 10.0. The molecule has 0 rings (SSSR count). The Kier molecular flexibility index (Phi) is 71.5. The van der Waals surface area contributed by atoms with Crippen molar-refractivity contribution in [1.82, 2.24) is 0 Å². The smallest absolute Gasteiger partial charge is 0.462 e. The molecule has 0 spiro atoms. The third kappa shape index (κ3) is 78.0. The highest BCUT2D eigenvalue weighted by Gasteiger charge is 2.30. The third-order valence-corrected chi connectivity index (χ3v) is 21.5. The number of aliphatic hydroxyl groups is 1. The third-order valence-electron chi connectivity index (χ3n) is 19.6. The molecule has 0 aliphatic rings. The molecule has 3 unspecified atom stereocenters. The number of rotatable bonds is 81. The molecule has 0 bridgehead atoms. The van der Waals surface area contributed by atoms with E-state index in [0.29, 0.717) is 31.6 Å². The summed E-state index contributed by atoms with van der Waals surface area (Å²) < 4.78 is 68.8. The summed E-state index contributed by atoms with van der Waals surface area (Å²) >= 11 is 0. The van der Waals surface area contributed by atoms with E-state index in [1.165, 1.54) is 231 Å². The van der Waals surface area contributed by atoms with Gasteiger partial charge in [-0.15, -0.1) is 0 Å². The van der Waals surface area contributed by atoms with Gasteiger partial charge in [-0.2, -0.15) is 0 Å². The molecule has 0 aromatic carbocycles. The van der Waals surface area contributed by atoms with Gasteiger partial charge in [0.15, 0.2) is 12.2 Å². The van der Waals surface area contributed by atoms with Crippen LogP contribution < -0.4 is 0 Å². The Morgan fingerprint density at radius 1 is 0.243 bits per heavy atom. The van der Waals surface area contributed by atoms with E-state index in [0.717, 1.165) is 114 Å². The molecule has 0 heterocycles. The fraction of sp³-hybridized carbons (Fsp3) is 0.952. The number of esters is 4. The molecule has 3 N–H and O–H groups in total. The van der Waals surface area contributed by atoms with Gasteiger partial charge in [-0.25, -0.2) is 9.13 Å². The molecular formula is C84H164O17P2. The van der Waals surface area contributed by atoms with Crippen molar-refractivity contribution in [3.05, 3.63) is 0 Å². The molecule has 17 nitrogen and oxygen atoms in total. The number of hydrogen-bond acceptors (Lipinski definition) is 15. The number of carbonyl (C=O) groups excluding carboxylic acids is 4. The van der Waals surface area contributed by atoms with E-state index >= 15 is 0 Å². The zero-order chi connectivity index (χ0) is 76.0. The fourth-order valence-corrected chi connectivity index (χ4v) is 14.5. The standard InChI is InChI=1S/C84H164O17P2/c1-74(2)60-52-44-36-30-24-18-13-11-9-10-12-14-21-27-33-39-48-56-64-81(86)94-70-79(100-83(88)67-59-51-41-35-29-23-17-20-26-32-38-46-54-62-76(5)6)72-98-102(90,91)96-68-78(85)69-97-103(92,93)99-73-80(71-95-82(87)65-57-49-43-42-47-55-63-77(7)8)101-84(89)66-58-50-40-34-28-22-16-15-19-25-31-37-45-53-61-75(3)4/h74-80,85H,9-73H2,1-8H3,(H,90,91)(H,92,93)/t78?,79-,80-/m1/s1. The topological polar surface area (TPSA) is 237 Å². The SMILES string of the molecule is CC(C)CCCCCCCCCCCCCCCCCCCCC(=O)OC[C@H](COP(=O)(O)OCC(O)COP(=O)(O)OC[C@@H](COC(=O)CCCCCCCCC(C)C)OC(=O)CCCCCCCCCCCCCCCCC(C)C)OC(=O)CCCCCCCCCCCCCCCC(C)C. The molecule has 0 aromatic heterocycles. The first-order valence-corrected chi connectivity index (χ1v) is 46.2. The molecule has 0 fully saturated rings. The van der Waals surface area contributed by atoms with Gasteiger partial charge in [0, 0.05) is 25.7 Å². The Labute approximate surface area is 632 Å². The summed E-state index contributed by atoms with van der Waals surface area (Å²) in [6.45, 7) is 14.3. The molecule has 0 saturated carbocycles. The van der Waals surface area contributed by atoms with E-state index in [9.17, 15) is 43.2 Å². The van der Waals surface area contributed by atoms with Crippen molar-refractivity contribution in [2.24, 2.45) is 23.7 Å². The average molecular weight is 1510 g/mol. The van der Waals surface area contributed by atoms with Crippen molar-refractivity contribution in [2.45, 2.75) is 453 Å². The molecule has 0 aromatic rings. The van der Waals surface area contributed by atoms with Gasteiger partial charge in [0.1, 0.15) is 19.3 Å². The second kappa shape index (κ2) is 72.9. The number of aliphatic hydroxyl groups excluding tert-OH is 1. The molecule has 0 radical (unpaired) electrons. The summed E-state index contributed by atoms with van der Waals surface area (Å²) in [6.07, 6.45) is 61.3. The van der Waals surface area contributed by atoms with Gasteiger partial charge >= 0.3 is 39.5 Å². The van der Waals surface area contributed by atoms with Crippen LogP contribution in [0.4, 0.5) is 0 Å². The maximum absolute atomic E-state index is 13.1. The summed E-state index contributed by atoms with van der Waals surface area (Å²) in [7, 11) is -9.92. The number of ether oxygens (including phenoxy) is 4. The lowest BCUT2D eigenvalue weighted by Crippen LogP contribution is -2.30. The predicted molar refractivity (Wildman–Crippen MR) is 423 cm³/mol. The van der Waals surface area contributed by atoms with Gasteiger partial charge in [0.05, 0.1) is 26.4 Å². The van der Waals surface area contributed by atoms with E-state index in [-0.39, 0.29) is 25.7 Å². The highest BCUT2D eigenvalue weighted by Crippen LogP contribution is 2.45. The normalized spacial score (nSPS) is 14.0. The molecular weight excluding hydrogens is 1340 g/mol. The van der Waals surface area contributed by atoms with Crippen LogP contribution in [0.25, 0.3) is 0 Å². The molecule has 0 aliphatic carbocycles. The van der Waals surface area contributed by atoms with Gasteiger partial charge in [0.25, 0.3) is 0 Å². The first-order valence-electron chi connectivity index (χ1n) is 43.2. The van der Waals surface area contributed by atoms with Crippen molar-refractivity contribution in [1.29, 1.82) is 0 Å². The molecule has 0 saturated heterocycles. The first kappa shape index (κ1) is 101. The highest BCUT2D eigenvalue weighted by atomic mass is 31.2. The number of phosphoric acid groups is 2. The maximum Gasteiger partial charge on any atom is 0.472 e. The van der Waals surface area contributed by atoms with Gasteiger partial charge < -0.3 is 33.8 Å². The van der Waals surface area contributed by atoms with Gasteiger partial charge in [-0.05, 0) is 49.4 Å². The van der Waals surface area contributed by atoms with Crippen LogP contribution in [0, 0.1) is 23.7 Å². The van der Waals surface area contributed by atoms with Crippen LogP contribution in [-0.2, 0) is 65.4 Å². The van der Waals surface area contributed by atoms with Crippen LogP contribution in [0.3, 0.4) is 0 Å². The van der Waals surface area contributed by atoms with Crippen LogP contribution in [0.5, 0.6) is 0 Å². The van der Waals surface area contributed by atoms with Crippen molar-refractivity contribution in [3.8, 4) is 0 Å². The van der Waals surface area contributed by atoms with Crippen LogP contribution in [-0.4, -0.2) is 96.7 Å². The minimum Gasteiger partial charge on any atom is -0.462 e. The van der Waals surface area contributed by atoms with Crippen molar-refractivity contribution < 1.29 is 80.2 Å². The lowest BCUT2D eigenvalue weighted by Gasteiger charge is -2.21.